The molecule has 8 heteroatoms. The third-order valence-electron chi connectivity index (χ3n) is 5.74. The number of anilines is 1. The lowest BCUT2D eigenvalue weighted by atomic mass is 10.0. The maximum absolute atomic E-state index is 12.8. The van der Waals surface area contributed by atoms with Gasteiger partial charge in [0.2, 0.25) is 5.89 Å². The van der Waals surface area contributed by atoms with E-state index in [9.17, 15) is 14.9 Å². The Balaban J connectivity index is 1.45. The highest BCUT2D eigenvalue weighted by Gasteiger charge is 2.19. The van der Waals surface area contributed by atoms with Crippen LogP contribution in [0.15, 0.2) is 77.2 Å². The van der Waals surface area contributed by atoms with E-state index in [4.69, 9.17) is 9.15 Å². The van der Waals surface area contributed by atoms with Crippen LogP contribution in [0.3, 0.4) is 0 Å². The van der Waals surface area contributed by atoms with Crippen LogP contribution in [0.4, 0.5) is 11.4 Å². The molecule has 0 atom stereocenters. The van der Waals surface area contributed by atoms with Crippen molar-refractivity contribution in [1.82, 2.24) is 4.98 Å². The first kappa shape index (κ1) is 22.1. The number of carbonyl (C=O) groups excluding carboxylic acids is 1. The number of fused-ring (bicyclic) bond motifs is 2. The normalized spacial score (nSPS) is 11.0. The van der Waals surface area contributed by atoms with Gasteiger partial charge in [0.15, 0.2) is 11.3 Å². The van der Waals surface area contributed by atoms with Crippen molar-refractivity contribution in [2.24, 2.45) is 0 Å². The number of ether oxygens (including phenoxy) is 1. The molecule has 0 unspecified atom stereocenters. The number of rotatable bonds is 6. The summed E-state index contributed by atoms with van der Waals surface area (Å²) in [5.74, 6) is 0.125. The summed E-state index contributed by atoms with van der Waals surface area (Å²) in [6.07, 6.45) is 0. The molecule has 0 aliphatic rings. The number of nitro benzene ring substituents is 1. The van der Waals surface area contributed by atoms with Gasteiger partial charge < -0.3 is 14.5 Å². The molecule has 0 saturated carbocycles. The third-order valence-corrected chi connectivity index (χ3v) is 5.74. The molecular weight excluding hydrogens is 446 g/mol. The molecule has 0 spiro atoms. The van der Waals surface area contributed by atoms with Crippen LogP contribution in [-0.2, 0) is 0 Å². The molecule has 0 radical (unpaired) electrons. The van der Waals surface area contributed by atoms with E-state index in [2.05, 4.69) is 23.3 Å². The quantitative estimate of drug-likeness (QED) is 0.225. The summed E-state index contributed by atoms with van der Waals surface area (Å²) in [7, 11) is 0. The number of hydrogen-bond acceptors (Lipinski definition) is 6. The number of benzene rings is 4. The first-order valence-corrected chi connectivity index (χ1v) is 11.1. The number of carbonyl (C=O) groups is 1. The van der Waals surface area contributed by atoms with Crippen LogP contribution in [0.2, 0.25) is 0 Å². The predicted molar refractivity (Wildman–Crippen MR) is 134 cm³/mol. The zero-order valence-corrected chi connectivity index (χ0v) is 19.1. The fourth-order valence-electron chi connectivity index (χ4n) is 4.04. The van der Waals surface area contributed by atoms with Gasteiger partial charge in [0.25, 0.3) is 5.91 Å². The molecule has 1 aromatic heterocycles. The van der Waals surface area contributed by atoms with E-state index in [1.165, 1.54) is 23.8 Å². The van der Waals surface area contributed by atoms with Gasteiger partial charge in [0.1, 0.15) is 5.52 Å². The Bertz CT molecular complexity index is 1610. The largest absolute Gasteiger partial charge is 0.487 e. The lowest BCUT2D eigenvalue weighted by molar-refractivity contribution is -0.385. The van der Waals surface area contributed by atoms with Gasteiger partial charge in [-0.3, -0.25) is 14.9 Å². The zero-order chi connectivity index (χ0) is 24.5. The number of oxazole rings is 1. The van der Waals surface area contributed by atoms with Crippen molar-refractivity contribution in [3.05, 3.63) is 94.0 Å². The van der Waals surface area contributed by atoms with Gasteiger partial charge in [-0.1, -0.05) is 30.3 Å². The number of hydrogen-bond donors (Lipinski definition) is 1. The van der Waals surface area contributed by atoms with Gasteiger partial charge in [-0.05, 0) is 66.6 Å². The zero-order valence-electron chi connectivity index (χ0n) is 19.1. The number of nitrogens with zero attached hydrogens (tertiary/aromatic N) is 2. The SMILES string of the molecule is CCOc1ccc(C(=O)Nc2ccc3oc(-c4ccc(C)c5ccccc45)nc3c2)cc1[N+](=O)[O-]. The van der Waals surface area contributed by atoms with Crippen LogP contribution in [0.1, 0.15) is 22.8 Å². The molecule has 5 aromatic rings. The summed E-state index contributed by atoms with van der Waals surface area (Å²) in [4.78, 5) is 28.2. The maximum Gasteiger partial charge on any atom is 0.311 e. The summed E-state index contributed by atoms with van der Waals surface area (Å²) in [5.41, 5.74) is 3.59. The van der Waals surface area contributed by atoms with Gasteiger partial charge in [-0.15, -0.1) is 0 Å². The predicted octanol–water partition coefficient (Wildman–Crippen LogP) is 6.52. The summed E-state index contributed by atoms with van der Waals surface area (Å²) >= 11 is 0. The average Bonchev–Trinajstić information content (AvgIpc) is 3.28. The van der Waals surface area contributed by atoms with Crippen LogP contribution in [0.25, 0.3) is 33.3 Å². The average molecular weight is 467 g/mol. The Kier molecular flexibility index (Phi) is 5.62. The van der Waals surface area contributed by atoms with Crippen molar-refractivity contribution >= 4 is 39.2 Å². The maximum atomic E-state index is 12.8. The Morgan fingerprint density at radius 2 is 1.86 bits per heavy atom. The smallest absolute Gasteiger partial charge is 0.311 e. The first-order chi connectivity index (χ1) is 16.9. The number of aromatic nitrogens is 1. The summed E-state index contributed by atoms with van der Waals surface area (Å²) < 4.78 is 11.3. The second kappa shape index (κ2) is 8.90. The highest BCUT2D eigenvalue weighted by molar-refractivity contribution is 6.05. The van der Waals surface area contributed by atoms with Crippen molar-refractivity contribution in [3.8, 4) is 17.2 Å². The number of aryl methyl sites for hydroxylation is 1. The van der Waals surface area contributed by atoms with Gasteiger partial charge in [-0.2, -0.15) is 0 Å². The summed E-state index contributed by atoms with van der Waals surface area (Å²) in [6.45, 7) is 4.08. The summed E-state index contributed by atoms with van der Waals surface area (Å²) in [5, 5.41) is 16.3. The van der Waals surface area contributed by atoms with Crippen molar-refractivity contribution < 1.29 is 18.9 Å². The van der Waals surface area contributed by atoms with E-state index < -0.39 is 10.8 Å². The summed E-state index contributed by atoms with van der Waals surface area (Å²) in [6, 6.07) is 21.4. The molecule has 1 N–H and O–H groups in total. The highest BCUT2D eigenvalue weighted by atomic mass is 16.6. The topological polar surface area (TPSA) is 108 Å². The van der Waals surface area contributed by atoms with Crippen LogP contribution in [0, 0.1) is 17.0 Å². The van der Waals surface area contributed by atoms with E-state index in [0.29, 0.717) is 22.7 Å². The van der Waals surface area contributed by atoms with Gasteiger partial charge in [-0.25, -0.2) is 4.98 Å². The van der Waals surface area contributed by atoms with E-state index in [-0.39, 0.29) is 23.6 Å². The number of amides is 1. The second-order valence-electron chi connectivity index (χ2n) is 8.00. The molecule has 0 bridgehead atoms. The third kappa shape index (κ3) is 4.17. The fraction of sp³-hybridized carbons (Fsp3) is 0.111. The van der Waals surface area contributed by atoms with Gasteiger partial charge >= 0.3 is 5.69 Å². The molecule has 35 heavy (non-hydrogen) atoms. The minimum absolute atomic E-state index is 0.120. The molecule has 174 valence electrons. The van der Waals surface area contributed by atoms with E-state index in [0.717, 1.165) is 16.3 Å². The van der Waals surface area contributed by atoms with Crippen molar-refractivity contribution in [2.45, 2.75) is 13.8 Å². The Hall–Kier alpha value is -4.72. The molecule has 5 rings (SSSR count). The van der Waals surface area contributed by atoms with Crippen LogP contribution < -0.4 is 10.1 Å². The van der Waals surface area contributed by atoms with E-state index >= 15 is 0 Å². The second-order valence-corrected chi connectivity index (χ2v) is 8.00. The van der Waals surface area contributed by atoms with Crippen molar-refractivity contribution in [2.75, 3.05) is 11.9 Å². The van der Waals surface area contributed by atoms with E-state index in [1.54, 1.807) is 25.1 Å². The Labute approximate surface area is 200 Å². The Morgan fingerprint density at radius 1 is 1.06 bits per heavy atom. The molecule has 8 nitrogen and oxygen atoms in total. The minimum Gasteiger partial charge on any atom is -0.487 e. The number of nitrogens with one attached hydrogen (secondary N) is 1. The monoisotopic (exact) mass is 467 g/mol. The van der Waals surface area contributed by atoms with Gasteiger partial charge in [0.05, 0.1) is 11.5 Å². The molecule has 1 amide bonds. The van der Waals surface area contributed by atoms with Crippen LogP contribution >= 0.6 is 0 Å². The molecule has 0 saturated heterocycles. The highest BCUT2D eigenvalue weighted by Crippen LogP contribution is 2.33. The van der Waals surface area contributed by atoms with E-state index in [1.807, 2.05) is 30.3 Å². The Morgan fingerprint density at radius 3 is 2.63 bits per heavy atom. The molecule has 1 heterocycles. The number of nitro groups is 1. The fourth-order valence-corrected chi connectivity index (χ4v) is 4.04. The van der Waals surface area contributed by atoms with Gasteiger partial charge in [0, 0.05) is 22.9 Å². The standard InChI is InChI=1S/C27H21N3O5/c1-3-34-25-12-9-17(14-23(25)30(32)33)26(31)28-18-10-13-24-22(15-18)29-27(35-24)21-11-8-16(2)19-6-4-5-7-20(19)21/h4-15H,3H2,1-2H3,(H,28,31). The minimum atomic E-state index is -0.570. The van der Waals surface area contributed by atoms with Crippen molar-refractivity contribution in [1.29, 1.82) is 0 Å². The molecular formula is C27H21N3O5. The molecule has 0 aliphatic carbocycles. The first-order valence-electron chi connectivity index (χ1n) is 11.1. The lowest BCUT2D eigenvalue weighted by Gasteiger charge is -2.07. The molecule has 4 aromatic carbocycles. The van der Waals surface area contributed by atoms with Crippen LogP contribution in [-0.4, -0.2) is 22.4 Å². The van der Waals surface area contributed by atoms with Crippen LogP contribution in [0.5, 0.6) is 5.75 Å². The van der Waals surface area contributed by atoms with Crippen molar-refractivity contribution in [3.63, 3.8) is 0 Å². The molecule has 0 fully saturated rings. The lowest BCUT2D eigenvalue weighted by Crippen LogP contribution is -2.12. The molecule has 0 aliphatic heterocycles.